The lowest BCUT2D eigenvalue weighted by molar-refractivity contribution is -0.135. The number of amides is 3. The first kappa shape index (κ1) is 24.9. The van der Waals surface area contributed by atoms with Crippen LogP contribution in [0.1, 0.15) is 18.1 Å². The summed E-state index contributed by atoms with van der Waals surface area (Å²) in [7, 11) is 1.59. The van der Waals surface area contributed by atoms with Crippen LogP contribution in [0.15, 0.2) is 54.6 Å². The molecule has 0 bridgehead atoms. The third kappa shape index (κ3) is 6.63. The first-order chi connectivity index (χ1) is 16.4. The number of rotatable bonds is 8. The van der Waals surface area contributed by atoms with Gasteiger partial charge in [0.2, 0.25) is 5.91 Å². The lowest BCUT2D eigenvalue weighted by Gasteiger charge is -2.28. The number of ether oxygens (including phenoxy) is 2. The summed E-state index contributed by atoms with van der Waals surface area (Å²) in [5.74, 6) is -0.163. The number of benzene rings is 2. The van der Waals surface area contributed by atoms with Gasteiger partial charge in [0.25, 0.3) is 0 Å². The Bertz CT molecular complexity index is 966. The first-order valence-corrected chi connectivity index (χ1v) is 11.3. The van der Waals surface area contributed by atoms with Crippen molar-refractivity contribution in [2.45, 2.75) is 20.1 Å². The van der Waals surface area contributed by atoms with Gasteiger partial charge in [-0.1, -0.05) is 42.5 Å². The Morgan fingerprint density at radius 2 is 1.76 bits per heavy atom. The van der Waals surface area contributed by atoms with Crippen LogP contribution in [0, 0.1) is 5.92 Å². The molecular weight excluding hydrogens is 438 g/mol. The predicted molar refractivity (Wildman–Crippen MR) is 125 cm³/mol. The normalized spacial score (nSPS) is 16.1. The van der Waals surface area contributed by atoms with Crippen LogP contribution >= 0.6 is 0 Å². The molecule has 0 saturated carbocycles. The van der Waals surface area contributed by atoms with Gasteiger partial charge >= 0.3 is 12.2 Å². The van der Waals surface area contributed by atoms with Crippen molar-refractivity contribution in [2.75, 3.05) is 39.8 Å². The van der Waals surface area contributed by atoms with Crippen LogP contribution in [-0.4, -0.2) is 77.7 Å². The molecule has 0 radical (unpaired) electrons. The second kappa shape index (κ2) is 11.9. The van der Waals surface area contributed by atoms with Crippen molar-refractivity contribution in [2.24, 2.45) is 5.92 Å². The molecule has 3 amide bonds. The number of carbonyl (C=O) groups is 3. The molecule has 9 heteroatoms. The Balaban J connectivity index is 1.70. The summed E-state index contributed by atoms with van der Waals surface area (Å²) in [6, 6.07) is 16.7. The van der Waals surface area contributed by atoms with Crippen molar-refractivity contribution in [3.8, 4) is 5.75 Å². The highest BCUT2D eigenvalue weighted by Gasteiger charge is 2.34. The Kier molecular flexibility index (Phi) is 8.73. The van der Waals surface area contributed by atoms with Gasteiger partial charge in [0.05, 0.1) is 13.0 Å². The van der Waals surface area contributed by atoms with Gasteiger partial charge in [0, 0.05) is 39.3 Å². The molecule has 1 unspecified atom stereocenters. The minimum Gasteiger partial charge on any atom is -0.497 e. The maximum atomic E-state index is 13.4. The van der Waals surface area contributed by atoms with Crippen molar-refractivity contribution in [1.82, 2.24) is 14.7 Å². The van der Waals surface area contributed by atoms with E-state index in [2.05, 4.69) is 0 Å². The third-order valence-electron chi connectivity index (χ3n) is 5.83. The van der Waals surface area contributed by atoms with Gasteiger partial charge in [-0.25, -0.2) is 9.59 Å². The molecule has 2 aromatic rings. The van der Waals surface area contributed by atoms with Crippen LogP contribution in [-0.2, 0) is 22.7 Å². The molecular formula is C25H31N3O6. The van der Waals surface area contributed by atoms with E-state index in [-0.39, 0.29) is 38.7 Å². The van der Waals surface area contributed by atoms with E-state index < -0.39 is 18.1 Å². The van der Waals surface area contributed by atoms with Crippen LogP contribution in [0.4, 0.5) is 9.59 Å². The van der Waals surface area contributed by atoms with Gasteiger partial charge in [-0.15, -0.1) is 0 Å². The molecule has 1 heterocycles. The molecule has 0 aromatic heterocycles. The highest BCUT2D eigenvalue weighted by Crippen LogP contribution is 2.19. The summed E-state index contributed by atoms with van der Waals surface area (Å²) in [4.78, 5) is 42.2. The standard InChI is InChI=1S/C25H31N3O6/c1-3-26(25(32)34-18-20-7-5-4-6-8-20)16-21-17-28(24(30)31)14-13-27(23(21)29)15-19-9-11-22(33-2)12-10-19/h4-12,21H,3,13-18H2,1-2H3,(H,30,31). The number of hydrogen-bond acceptors (Lipinski definition) is 5. The predicted octanol–water partition coefficient (Wildman–Crippen LogP) is 3.29. The monoisotopic (exact) mass is 469 g/mol. The minimum atomic E-state index is -1.08. The van der Waals surface area contributed by atoms with E-state index in [4.69, 9.17) is 9.47 Å². The second-order valence-electron chi connectivity index (χ2n) is 8.11. The zero-order valence-corrected chi connectivity index (χ0v) is 19.6. The first-order valence-electron chi connectivity index (χ1n) is 11.3. The zero-order valence-electron chi connectivity index (χ0n) is 19.6. The molecule has 34 heavy (non-hydrogen) atoms. The molecule has 182 valence electrons. The summed E-state index contributed by atoms with van der Waals surface area (Å²) >= 11 is 0. The van der Waals surface area contributed by atoms with E-state index in [0.29, 0.717) is 18.8 Å². The van der Waals surface area contributed by atoms with Crippen LogP contribution < -0.4 is 4.74 Å². The van der Waals surface area contributed by atoms with Gasteiger partial charge < -0.3 is 29.3 Å². The van der Waals surface area contributed by atoms with Crippen LogP contribution in [0.5, 0.6) is 5.75 Å². The van der Waals surface area contributed by atoms with Gasteiger partial charge in [-0.05, 0) is 30.2 Å². The third-order valence-corrected chi connectivity index (χ3v) is 5.83. The fourth-order valence-electron chi connectivity index (χ4n) is 3.87. The number of carboxylic acid groups (broad SMARTS) is 1. The summed E-state index contributed by atoms with van der Waals surface area (Å²) in [6.45, 7) is 3.19. The quantitative estimate of drug-likeness (QED) is 0.637. The van der Waals surface area contributed by atoms with Crippen molar-refractivity contribution < 1.29 is 29.0 Å². The molecule has 1 fully saturated rings. The average molecular weight is 470 g/mol. The molecule has 0 spiro atoms. The Morgan fingerprint density at radius 3 is 2.38 bits per heavy atom. The highest BCUT2D eigenvalue weighted by atomic mass is 16.6. The molecule has 0 aliphatic carbocycles. The molecule has 1 N–H and O–H groups in total. The largest absolute Gasteiger partial charge is 0.497 e. The molecule has 1 aliphatic heterocycles. The Labute approximate surface area is 199 Å². The lowest BCUT2D eigenvalue weighted by Crippen LogP contribution is -2.45. The molecule has 1 atom stereocenters. The molecule has 1 saturated heterocycles. The smallest absolute Gasteiger partial charge is 0.410 e. The molecule has 1 aliphatic rings. The van der Waals surface area contributed by atoms with Crippen molar-refractivity contribution in [3.05, 3.63) is 65.7 Å². The van der Waals surface area contributed by atoms with Crippen molar-refractivity contribution >= 4 is 18.1 Å². The SMILES string of the molecule is CCN(CC1CN(C(=O)O)CCN(Cc2ccc(OC)cc2)C1=O)C(=O)OCc1ccccc1. The number of nitrogens with zero attached hydrogens (tertiary/aromatic N) is 3. The van der Waals surface area contributed by atoms with Gasteiger partial charge in [0.15, 0.2) is 0 Å². The van der Waals surface area contributed by atoms with E-state index in [9.17, 15) is 19.5 Å². The second-order valence-corrected chi connectivity index (χ2v) is 8.11. The Morgan fingerprint density at radius 1 is 1.06 bits per heavy atom. The number of hydrogen-bond donors (Lipinski definition) is 1. The highest BCUT2D eigenvalue weighted by molar-refractivity contribution is 5.81. The lowest BCUT2D eigenvalue weighted by atomic mass is 10.1. The summed E-state index contributed by atoms with van der Waals surface area (Å²) < 4.78 is 10.6. The average Bonchev–Trinajstić information content (AvgIpc) is 3.01. The fraction of sp³-hybridized carbons (Fsp3) is 0.400. The van der Waals surface area contributed by atoms with E-state index >= 15 is 0 Å². The number of carbonyl (C=O) groups excluding carboxylic acids is 2. The number of methoxy groups -OCH3 is 1. The maximum Gasteiger partial charge on any atom is 0.410 e. The summed E-state index contributed by atoms with van der Waals surface area (Å²) in [6.07, 6.45) is -1.62. The van der Waals surface area contributed by atoms with Gasteiger partial charge in [-0.3, -0.25) is 4.79 Å². The van der Waals surface area contributed by atoms with Gasteiger partial charge in [0.1, 0.15) is 12.4 Å². The summed E-state index contributed by atoms with van der Waals surface area (Å²) in [5.41, 5.74) is 1.77. The maximum absolute atomic E-state index is 13.4. The fourth-order valence-corrected chi connectivity index (χ4v) is 3.87. The topological polar surface area (TPSA) is 99.6 Å². The van der Waals surface area contributed by atoms with Crippen molar-refractivity contribution in [3.63, 3.8) is 0 Å². The molecule has 2 aromatic carbocycles. The van der Waals surface area contributed by atoms with Crippen LogP contribution in [0.25, 0.3) is 0 Å². The minimum absolute atomic E-state index is 0.0236. The molecule has 9 nitrogen and oxygen atoms in total. The van der Waals surface area contributed by atoms with E-state index in [1.807, 2.05) is 54.6 Å². The van der Waals surface area contributed by atoms with Crippen LogP contribution in [0.3, 0.4) is 0 Å². The molecule has 3 rings (SSSR count). The van der Waals surface area contributed by atoms with E-state index in [0.717, 1.165) is 11.1 Å². The Hall–Kier alpha value is -3.75. The van der Waals surface area contributed by atoms with E-state index in [1.54, 1.807) is 18.9 Å². The zero-order chi connectivity index (χ0) is 24.5. The summed E-state index contributed by atoms with van der Waals surface area (Å²) in [5, 5.41) is 9.59. The van der Waals surface area contributed by atoms with Gasteiger partial charge in [-0.2, -0.15) is 0 Å². The van der Waals surface area contributed by atoms with E-state index in [1.165, 1.54) is 9.80 Å². The van der Waals surface area contributed by atoms with Crippen molar-refractivity contribution in [1.29, 1.82) is 0 Å². The van der Waals surface area contributed by atoms with Crippen LogP contribution in [0.2, 0.25) is 0 Å².